The maximum absolute atomic E-state index is 4.39. The first kappa shape index (κ1) is 11.0. The van der Waals surface area contributed by atoms with Gasteiger partial charge in [0.2, 0.25) is 0 Å². The molecule has 92 valence electrons. The molecule has 0 aliphatic heterocycles. The highest BCUT2D eigenvalue weighted by molar-refractivity contribution is 5.95. The van der Waals surface area contributed by atoms with E-state index >= 15 is 0 Å². The van der Waals surface area contributed by atoms with E-state index in [1.54, 1.807) is 0 Å². The van der Waals surface area contributed by atoms with Gasteiger partial charge in [-0.15, -0.1) is 0 Å². The van der Waals surface area contributed by atoms with Crippen LogP contribution >= 0.6 is 0 Å². The first-order valence-electron chi connectivity index (χ1n) is 6.03. The number of para-hydroxylation sites is 1. The van der Waals surface area contributed by atoms with Crippen molar-refractivity contribution in [2.75, 3.05) is 7.05 Å². The van der Waals surface area contributed by atoms with Crippen LogP contribution < -0.4 is 5.32 Å². The molecule has 2 aromatic heterocycles. The second kappa shape index (κ2) is 4.31. The van der Waals surface area contributed by atoms with Crippen molar-refractivity contribution >= 4 is 10.9 Å². The van der Waals surface area contributed by atoms with Gasteiger partial charge in [-0.25, -0.2) is 0 Å². The molecule has 0 saturated carbocycles. The van der Waals surface area contributed by atoms with E-state index in [4.69, 9.17) is 0 Å². The Morgan fingerprint density at radius 3 is 3.00 bits per heavy atom. The number of aryl methyl sites for hydroxylation is 1. The number of nitrogens with one attached hydrogen (secondary N) is 2. The fourth-order valence-electron chi connectivity index (χ4n) is 2.33. The van der Waals surface area contributed by atoms with Crippen LogP contribution in [-0.4, -0.2) is 21.8 Å². The zero-order valence-electron chi connectivity index (χ0n) is 10.6. The normalized spacial score (nSPS) is 11.2. The topological polar surface area (TPSA) is 45.6 Å². The van der Waals surface area contributed by atoms with E-state index in [2.05, 4.69) is 63.7 Å². The number of fused-ring (bicyclic) bond motifs is 1. The average Bonchev–Trinajstić information content (AvgIpc) is 2.96. The molecule has 0 radical (unpaired) electrons. The number of benzene rings is 1. The molecule has 0 saturated heterocycles. The first-order valence-corrected chi connectivity index (χ1v) is 6.03. The molecule has 2 heterocycles. The maximum Gasteiger partial charge on any atom is 0.0945 e. The molecule has 0 unspecified atom stereocenters. The van der Waals surface area contributed by atoms with Crippen LogP contribution in [0.1, 0.15) is 5.69 Å². The lowest BCUT2D eigenvalue weighted by Crippen LogP contribution is -2.04. The van der Waals surface area contributed by atoms with E-state index in [1.807, 2.05) is 7.05 Å². The molecule has 0 bridgehead atoms. The summed E-state index contributed by atoms with van der Waals surface area (Å²) in [4.78, 5) is 0. The summed E-state index contributed by atoms with van der Waals surface area (Å²) in [7, 11) is 3.99. The Morgan fingerprint density at radius 1 is 1.33 bits per heavy atom. The molecule has 0 aliphatic rings. The van der Waals surface area contributed by atoms with Gasteiger partial charge in [0.15, 0.2) is 0 Å². The Morgan fingerprint density at radius 2 is 2.17 bits per heavy atom. The predicted octanol–water partition coefficient (Wildman–Crippen LogP) is 2.29. The largest absolute Gasteiger partial charge is 0.350 e. The maximum atomic E-state index is 4.39. The second-order valence-electron chi connectivity index (χ2n) is 4.48. The van der Waals surface area contributed by atoms with Gasteiger partial charge in [0.05, 0.1) is 5.69 Å². The second-order valence-corrected chi connectivity index (χ2v) is 4.48. The Balaban J connectivity index is 2.13. The van der Waals surface area contributed by atoms with E-state index in [9.17, 15) is 0 Å². The fourth-order valence-corrected chi connectivity index (χ4v) is 2.33. The standard InChI is InChI=1S/C14H16N4/c1-15-8-10-7-13(17-16-10)12-9-18(2)14-6-4-3-5-11(12)14/h3-7,9,15H,8H2,1-2H3,(H,16,17). The zero-order chi connectivity index (χ0) is 12.5. The molecule has 0 aliphatic carbocycles. The number of H-pyrrole nitrogens is 1. The molecule has 0 amide bonds. The molecule has 3 aromatic rings. The minimum absolute atomic E-state index is 0.803. The Bertz CT molecular complexity index is 678. The van der Waals surface area contributed by atoms with E-state index in [0.717, 1.165) is 17.9 Å². The number of aromatic amines is 1. The molecular formula is C14H16N4. The number of aromatic nitrogens is 3. The van der Waals surface area contributed by atoms with Crippen LogP contribution in [0.2, 0.25) is 0 Å². The quantitative estimate of drug-likeness (QED) is 0.737. The van der Waals surface area contributed by atoms with E-state index < -0.39 is 0 Å². The van der Waals surface area contributed by atoms with Crippen LogP contribution in [0.4, 0.5) is 0 Å². The van der Waals surface area contributed by atoms with Gasteiger partial charge in [-0.3, -0.25) is 5.10 Å². The van der Waals surface area contributed by atoms with Crippen LogP contribution in [0.5, 0.6) is 0 Å². The van der Waals surface area contributed by atoms with Crippen LogP contribution in [0.15, 0.2) is 36.5 Å². The van der Waals surface area contributed by atoms with Gasteiger partial charge in [-0.05, 0) is 19.2 Å². The van der Waals surface area contributed by atoms with Gasteiger partial charge >= 0.3 is 0 Å². The van der Waals surface area contributed by atoms with Crippen molar-refractivity contribution in [2.24, 2.45) is 7.05 Å². The van der Waals surface area contributed by atoms with E-state index in [-0.39, 0.29) is 0 Å². The van der Waals surface area contributed by atoms with Gasteiger partial charge in [-0.1, -0.05) is 18.2 Å². The molecule has 4 nitrogen and oxygen atoms in total. The lowest BCUT2D eigenvalue weighted by atomic mass is 10.1. The number of hydrogen-bond donors (Lipinski definition) is 2. The minimum Gasteiger partial charge on any atom is -0.350 e. The summed E-state index contributed by atoms with van der Waals surface area (Å²) >= 11 is 0. The molecule has 4 heteroatoms. The van der Waals surface area contributed by atoms with E-state index in [0.29, 0.717) is 0 Å². The summed E-state index contributed by atoms with van der Waals surface area (Å²) in [6, 6.07) is 10.5. The smallest absolute Gasteiger partial charge is 0.0945 e. The molecule has 1 aromatic carbocycles. The third-order valence-corrected chi connectivity index (χ3v) is 3.17. The average molecular weight is 240 g/mol. The monoisotopic (exact) mass is 240 g/mol. The molecule has 0 atom stereocenters. The van der Waals surface area contributed by atoms with Gasteiger partial charge < -0.3 is 9.88 Å². The summed E-state index contributed by atoms with van der Waals surface area (Å²) in [6.45, 7) is 0.803. The van der Waals surface area contributed by atoms with Crippen LogP contribution in [-0.2, 0) is 13.6 Å². The Kier molecular flexibility index (Phi) is 2.64. The van der Waals surface area contributed by atoms with Crippen molar-refractivity contribution in [3.05, 3.63) is 42.2 Å². The Labute approximate surface area is 106 Å². The van der Waals surface area contributed by atoms with Crippen LogP contribution in [0.25, 0.3) is 22.2 Å². The van der Waals surface area contributed by atoms with E-state index in [1.165, 1.54) is 16.5 Å². The molecule has 2 N–H and O–H groups in total. The van der Waals surface area contributed by atoms with Crippen molar-refractivity contribution in [1.82, 2.24) is 20.1 Å². The van der Waals surface area contributed by atoms with Crippen molar-refractivity contribution < 1.29 is 0 Å². The summed E-state index contributed by atoms with van der Waals surface area (Å²) < 4.78 is 2.14. The highest BCUT2D eigenvalue weighted by Gasteiger charge is 2.10. The van der Waals surface area contributed by atoms with Gasteiger partial charge in [0, 0.05) is 41.9 Å². The zero-order valence-corrected chi connectivity index (χ0v) is 10.6. The van der Waals surface area contributed by atoms with Crippen molar-refractivity contribution in [3.8, 4) is 11.3 Å². The lowest BCUT2D eigenvalue weighted by molar-refractivity contribution is 0.784. The minimum atomic E-state index is 0.803. The third-order valence-electron chi connectivity index (χ3n) is 3.17. The van der Waals surface area contributed by atoms with Crippen molar-refractivity contribution in [1.29, 1.82) is 0 Å². The fraction of sp³-hybridized carbons (Fsp3) is 0.214. The van der Waals surface area contributed by atoms with Gasteiger partial charge in [-0.2, -0.15) is 5.10 Å². The molecule has 18 heavy (non-hydrogen) atoms. The Hall–Kier alpha value is -2.07. The molecule has 3 rings (SSSR count). The molecule has 0 spiro atoms. The molecular weight excluding hydrogens is 224 g/mol. The molecule has 0 fully saturated rings. The lowest BCUT2D eigenvalue weighted by Gasteiger charge is -1.93. The number of rotatable bonds is 3. The number of nitrogens with zero attached hydrogens (tertiary/aromatic N) is 2. The summed E-state index contributed by atoms with van der Waals surface area (Å²) in [5, 5.41) is 11.8. The highest BCUT2D eigenvalue weighted by atomic mass is 15.1. The van der Waals surface area contributed by atoms with Crippen LogP contribution in [0, 0.1) is 0 Å². The SMILES string of the molecule is CNCc1cc(-c2cn(C)c3ccccc23)n[nH]1. The summed E-state index contributed by atoms with van der Waals surface area (Å²) in [5.74, 6) is 0. The first-order chi connectivity index (χ1) is 8.79. The van der Waals surface area contributed by atoms with Crippen LogP contribution in [0.3, 0.4) is 0 Å². The number of hydrogen-bond acceptors (Lipinski definition) is 2. The summed E-state index contributed by atoms with van der Waals surface area (Å²) in [5.41, 5.74) is 4.50. The predicted molar refractivity (Wildman–Crippen MR) is 73.3 cm³/mol. The van der Waals surface area contributed by atoms with Gasteiger partial charge in [0.25, 0.3) is 0 Å². The summed E-state index contributed by atoms with van der Waals surface area (Å²) in [6.07, 6.45) is 2.13. The third kappa shape index (κ3) is 1.71. The van der Waals surface area contributed by atoms with Crippen molar-refractivity contribution in [3.63, 3.8) is 0 Å². The van der Waals surface area contributed by atoms with Gasteiger partial charge in [0.1, 0.15) is 0 Å². The highest BCUT2D eigenvalue weighted by Crippen LogP contribution is 2.28. The van der Waals surface area contributed by atoms with Crippen molar-refractivity contribution in [2.45, 2.75) is 6.54 Å².